The molecule has 28 heavy (non-hydrogen) atoms. The first-order valence-electron chi connectivity index (χ1n) is 8.16. The van der Waals surface area contributed by atoms with Gasteiger partial charge in [-0.15, -0.1) is 0 Å². The predicted octanol–water partition coefficient (Wildman–Crippen LogP) is 5.39. The lowest BCUT2D eigenvalue weighted by Crippen LogP contribution is -2.05. The summed E-state index contributed by atoms with van der Waals surface area (Å²) in [6, 6.07) is 13.4. The van der Waals surface area contributed by atoms with Crippen LogP contribution in [0.15, 0.2) is 48.8 Å². The third kappa shape index (κ3) is 3.73. The van der Waals surface area contributed by atoms with Crippen LogP contribution in [0.4, 0.5) is 28.1 Å². The highest BCUT2D eigenvalue weighted by Crippen LogP contribution is 2.35. The monoisotopic (exact) mass is 504 g/mol. The maximum absolute atomic E-state index is 11.7. The molecule has 0 aliphatic rings. The zero-order valence-corrected chi connectivity index (χ0v) is 17.5. The van der Waals surface area contributed by atoms with Gasteiger partial charge in [0.05, 0.1) is 15.1 Å². The van der Waals surface area contributed by atoms with Crippen molar-refractivity contribution in [2.75, 3.05) is 10.6 Å². The van der Waals surface area contributed by atoms with Crippen molar-refractivity contribution in [2.45, 2.75) is 6.92 Å². The molecule has 0 bridgehead atoms. The molecule has 0 fully saturated rings. The second kappa shape index (κ2) is 7.64. The number of rotatable bonds is 5. The van der Waals surface area contributed by atoms with Gasteiger partial charge in [-0.05, 0) is 65.4 Å². The standard InChI is InChI=1S/C18H13IN6O2S/c1-10-3-2-4-13-14(10)23-18(28-13)24-17-15(25(26)27)16(20-9-21-17)22-12-7-5-11(19)6-8-12/h2-9H,1H3,(H2,20,21,22,23,24). The topological polar surface area (TPSA) is 106 Å². The van der Waals surface area contributed by atoms with Gasteiger partial charge in [0.25, 0.3) is 0 Å². The number of aryl methyl sites for hydroxylation is 1. The number of hydrogen-bond donors (Lipinski definition) is 2. The molecule has 8 nitrogen and oxygen atoms in total. The van der Waals surface area contributed by atoms with E-state index in [-0.39, 0.29) is 17.3 Å². The van der Waals surface area contributed by atoms with E-state index in [1.165, 1.54) is 17.7 Å². The third-order valence-electron chi connectivity index (χ3n) is 3.96. The Morgan fingerprint density at radius 2 is 1.79 bits per heavy atom. The van der Waals surface area contributed by atoms with E-state index in [0.717, 1.165) is 19.4 Å². The van der Waals surface area contributed by atoms with Crippen molar-refractivity contribution >= 4 is 72.3 Å². The molecule has 0 saturated carbocycles. The minimum absolute atomic E-state index is 0.0877. The van der Waals surface area contributed by atoms with Crippen LogP contribution in [-0.2, 0) is 0 Å². The fourth-order valence-corrected chi connectivity index (χ4v) is 3.95. The molecule has 0 saturated heterocycles. The lowest BCUT2D eigenvalue weighted by Gasteiger charge is -2.09. The number of nitrogens with zero attached hydrogens (tertiary/aromatic N) is 4. The zero-order valence-electron chi connectivity index (χ0n) is 14.5. The average molecular weight is 504 g/mol. The molecule has 2 aromatic heterocycles. The van der Waals surface area contributed by atoms with Crippen molar-refractivity contribution in [3.05, 3.63) is 68.0 Å². The summed E-state index contributed by atoms with van der Waals surface area (Å²) in [5.74, 6) is 0.200. The van der Waals surface area contributed by atoms with E-state index < -0.39 is 4.92 Å². The van der Waals surface area contributed by atoms with Crippen LogP contribution in [0.25, 0.3) is 10.2 Å². The van der Waals surface area contributed by atoms with E-state index in [9.17, 15) is 10.1 Å². The summed E-state index contributed by atoms with van der Waals surface area (Å²) >= 11 is 3.60. The van der Waals surface area contributed by atoms with Gasteiger partial charge in [0.1, 0.15) is 6.33 Å². The van der Waals surface area contributed by atoms with E-state index in [0.29, 0.717) is 10.8 Å². The van der Waals surface area contributed by atoms with Crippen LogP contribution in [0, 0.1) is 20.6 Å². The zero-order chi connectivity index (χ0) is 19.7. The second-order valence-electron chi connectivity index (χ2n) is 5.87. The van der Waals surface area contributed by atoms with Crippen LogP contribution in [0.2, 0.25) is 0 Å². The molecular weight excluding hydrogens is 491 g/mol. The molecule has 0 aliphatic carbocycles. The third-order valence-corrected chi connectivity index (χ3v) is 5.61. The van der Waals surface area contributed by atoms with Gasteiger partial charge in [0.2, 0.25) is 11.6 Å². The molecule has 0 atom stereocenters. The Morgan fingerprint density at radius 1 is 1.07 bits per heavy atom. The summed E-state index contributed by atoms with van der Waals surface area (Å²) in [4.78, 5) is 23.9. The van der Waals surface area contributed by atoms with E-state index >= 15 is 0 Å². The van der Waals surface area contributed by atoms with Gasteiger partial charge in [0.15, 0.2) is 5.13 Å². The van der Waals surface area contributed by atoms with Crippen LogP contribution in [-0.4, -0.2) is 19.9 Å². The number of hydrogen-bond acceptors (Lipinski definition) is 8. The largest absolute Gasteiger partial charge is 0.353 e. The number of nitrogens with one attached hydrogen (secondary N) is 2. The molecule has 2 heterocycles. The Labute approximate surface area is 177 Å². The Kier molecular flexibility index (Phi) is 5.05. The van der Waals surface area contributed by atoms with Gasteiger partial charge in [-0.1, -0.05) is 23.5 Å². The van der Waals surface area contributed by atoms with Crippen molar-refractivity contribution in [3.63, 3.8) is 0 Å². The van der Waals surface area contributed by atoms with Crippen LogP contribution >= 0.6 is 33.9 Å². The Morgan fingerprint density at radius 3 is 2.46 bits per heavy atom. The minimum Gasteiger partial charge on any atom is -0.334 e. The van der Waals surface area contributed by atoms with Crippen molar-refractivity contribution < 1.29 is 4.92 Å². The first-order chi connectivity index (χ1) is 13.5. The highest BCUT2D eigenvalue weighted by molar-refractivity contribution is 14.1. The molecule has 0 radical (unpaired) electrons. The van der Waals surface area contributed by atoms with E-state index in [4.69, 9.17) is 0 Å². The van der Waals surface area contributed by atoms with Crippen molar-refractivity contribution in [2.24, 2.45) is 0 Å². The number of halogens is 1. The number of para-hydroxylation sites is 1. The van der Waals surface area contributed by atoms with E-state index in [1.54, 1.807) is 0 Å². The van der Waals surface area contributed by atoms with Gasteiger partial charge < -0.3 is 10.6 Å². The van der Waals surface area contributed by atoms with E-state index in [1.807, 2.05) is 49.4 Å². The molecule has 0 spiro atoms. The van der Waals surface area contributed by atoms with Gasteiger partial charge >= 0.3 is 5.69 Å². The fraction of sp³-hybridized carbons (Fsp3) is 0.0556. The van der Waals surface area contributed by atoms with Gasteiger partial charge in [0, 0.05) is 9.26 Å². The fourth-order valence-electron chi connectivity index (χ4n) is 2.65. The van der Waals surface area contributed by atoms with E-state index in [2.05, 4.69) is 48.2 Å². The summed E-state index contributed by atoms with van der Waals surface area (Å²) in [5, 5.41) is 18.2. The SMILES string of the molecule is Cc1cccc2sc(Nc3ncnc(Nc4ccc(I)cc4)c3[N+](=O)[O-])nc12. The number of anilines is 4. The molecule has 0 amide bonds. The predicted molar refractivity (Wildman–Crippen MR) is 119 cm³/mol. The number of benzene rings is 2. The molecule has 0 unspecified atom stereocenters. The maximum atomic E-state index is 11.7. The van der Waals surface area contributed by atoms with Crippen molar-refractivity contribution in [1.82, 2.24) is 15.0 Å². The molecule has 2 aromatic carbocycles. The highest BCUT2D eigenvalue weighted by atomic mass is 127. The molecule has 4 rings (SSSR count). The average Bonchev–Trinajstić information content (AvgIpc) is 3.07. The first kappa shape index (κ1) is 18.5. The number of fused-ring (bicyclic) bond motifs is 1. The summed E-state index contributed by atoms with van der Waals surface area (Å²) in [6.45, 7) is 1.97. The quantitative estimate of drug-likeness (QED) is 0.213. The number of nitro groups is 1. The minimum atomic E-state index is -0.504. The lowest BCUT2D eigenvalue weighted by atomic mass is 10.2. The normalized spacial score (nSPS) is 10.8. The molecule has 2 N–H and O–H groups in total. The van der Waals surface area contributed by atoms with Crippen molar-refractivity contribution in [1.29, 1.82) is 0 Å². The Bertz CT molecular complexity index is 1180. The summed E-state index contributed by atoms with van der Waals surface area (Å²) in [5.41, 5.74) is 2.37. The molecular formula is C18H13IN6O2S. The molecule has 140 valence electrons. The van der Waals surface area contributed by atoms with Crippen LogP contribution in [0.3, 0.4) is 0 Å². The number of aromatic nitrogens is 3. The second-order valence-corrected chi connectivity index (χ2v) is 8.15. The molecule has 0 aliphatic heterocycles. The van der Waals surface area contributed by atoms with Gasteiger partial charge in [-0.25, -0.2) is 15.0 Å². The molecule has 10 heteroatoms. The summed E-state index contributed by atoms with van der Waals surface area (Å²) in [7, 11) is 0. The van der Waals surface area contributed by atoms with Gasteiger partial charge in [-0.2, -0.15) is 0 Å². The van der Waals surface area contributed by atoms with Gasteiger partial charge in [-0.3, -0.25) is 10.1 Å². The Balaban J connectivity index is 1.71. The van der Waals surface area contributed by atoms with Crippen molar-refractivity contribution in [3.8, 4) is 0 Å². The van der Waals surface area contributed by atoms with Crippen LogP contribution < -0.4 is 10.6 Å². The maximum Gasteiger partial charge on any atom is 0.353 e. The lowest BCUT2D eigenvalue weighted by molar-refractivity contribution is -0.383. The highest BCUT2D eigenvalue weighted by Gasteiger charge is 2.24. The van der Waals surface area contributed by atoms with Crippen LogP contribution in [0.5, 0.6) is 0 Å². The first-order valence-corrected chi connectivity index (χ1v) is 10.1. The Hall–Kier alpha value is -2.86. The summed E-state index contributed by atoms with van der Waals surface area (Å²) in [6.07, 6.45) is 1.28. The summed E-state index contributed by atoms with van der Waals surface area (Å²) < 4.78 is 2.06. The smallest absolute Gasteiger partial charge is 0.334 e. The number of thiazole rings is 1. The molecule has 4 aromatic rings. The van der Waals surface area contributed by atoms with Crippen LogP contribution in [0.1, 0.15) is 5.56 Å².